The highest BCUT2D eigenvalue weighted by molar-refractivity contribution is 9.10. The lowest BCUT2D eigenvalue weighted by atomic mass is 10.1. The summed E-state index contributed by atoms with van der Waals surface area (Å²) in [5.41, 5.74) is 1.16. The lowest BCUT2D eigenvalue weighted by molar-refractivity contribution is 0.550. The smallest absolute Gasteiger partial charge is 0.0554 e. The molecule has 0 saturated heterocycles. The van der Waals surface area contributed by atoms with Crippen LogP contribution in [-0.2, 0) is 0 Å². The molecule has 1 nitrogen and oxygen atoms in total. The van der Waals surface area contributed by atoms with Crippen LogP contribution < -0.4 is 5.32 Å². The molecule has 1 atom stereocenters. The van der Waals surface area contributed by atoms with Gasteiger partial charge in [0.1, 0.15) is 0 Å². The average molecular weight is 359 g/mol. The molecule has 19 heavy (non-hydrogen) atoms. The van der Waals surface area contributed by atoms with Gasteiger partial charge in [0.15, 0.2) is 0 Å². The van der Waals surface area contributed by atoms with Crippen LogP contribution in [0, 0.1) is 0 Å². The predicted molar refractivity (Wildman–Crippen MR) is 89.2 cm³/mol. The first-order valence-corrected chi connectivity index (χ1v) is 8.37. The summed E-state index contributed by atoms with van der Waals surface area (Å²) < 4.78 is 0.974. The second-order valence-corrected chi connectivity index (χ2v) is 6.75. The van der Waals surface area contributed by atoms with Crippen molar-refractivity contribution in [1.82, 2.24) is 5.32 Å². The minimum atomic E-state index is 0.446. The third kappa shape index (κ3) is 3.40. The molecule has 0 saturated carbocycles. The van der Waals surface area contributed by atoms with E-state index >= 15 is 0 Å². The summed E-state index contributed by atoms with van der Waals surface area (Å²) >= 11 is 11.6. The number of halogens is 2. The third-order valence-electron chi connectivity index (χ3n) is 3.11. The van der Waals surface area contributed by atoms with Crippen molar-refractivity contribution in [2.75, 3.05) is 7.05 Å². The number of hydrogen-bond acceptors (Lipinski definition) is 2. The molecule has 1 aromatic heterocycles. The highest BCUT2D eigenvalue weighted by Gasteiger charge is 2.13. The highest BCUT2D eigenvalue weighted by atomic mass is 79.9. The van der Waals surface area contributed by atoms with Gasteiger partial charge < -0.3 is 5.32 Å². The van der Waals surface area contributed by atoms with Crippen LogP contribution in [0.1, 0.15) is 30.7 Å². The Morgan fingerprint density at radius 1 is 1.32 bits per heavy atom. The monoisotopic (exact) mass is 357 g/mol. The lowest BCUT2D eigenvalue weighted by Gasteiger charge is -2.12. The molecular weight excluding hydrogens is 342 g/mol. The van der Waals surface area contributed by atoms with Crippen molar-refractivity contribution in [3.05, 3.63) is 44.7 Å². The Kier molecular flexibility index (Phi) is 5.46. The number of nitrogens with one attached hydrogen (secondary N) is 1. The van der Waals surface area contributed by atoms with Crippen LogP contribution in [0.15, 0.2) is 34.8 Å². The molecule has 0 radical (unpaired) electrons. The maximum Gasteiger partial charge on any atom is 0.0554 e. The number of hydrogen-bond donors (Lipinski definition) is 1. The third-order valence-corrected chi connectivity index (χ3v) is 5.74. The number of thiophene rings is 1. The van der Waals surface area contributed by atoms with Gasteiger partial charge in [-0.25, -0.2) is 0 Å². The van der Waals surface area contributed by atoms with Gasteiger partial charge in [-0.05, 0) is 47.6 Å². The lowest BCUT2D eigenvalue weighted by Crippen LogP contribution is -2.14. The van der Waals surface area contributed by atoms with Crippen molar-refractivity contribution in [2.24, 2.45) is 0 Å². The summed E-state index contributed by atoms with van der Waals surface area (Å²) in [6.07, 6.45) is 2.34. The van der Waals surface area contributed by atoms with Crippen molar-refractivity contribution in [1.29, 1.82) is 0 Å². The van der Waals surface area contributed by atoms with Gasteiger partial charge in [0.05, 0.1) is 5.02 Å². The van der Waals surface area contributed by atoms with E-state index in [1.165, 1.54) is 16.2 Å². The number of rotatable bonds is 5. The van der Waals surface area contributed by atoms with E-state index in [-0.39, 0.29) is 0 Å². The summed E-state index contributed by atoms with van der Waals surface area (Å²) in [5, 5.41) is 4.14. The Morgan fingerprint density at radius 3 is 2.79 bits per heavy atom. The van der Waals surface area contributed by atoms with E-state index in [2.05, 4.69) is 46.4 Å². The molecule has 102 valence electrons. The summed E-state index contributed by atoms with van der Waals surface area (Å²) in [4.78, 5) is 2.63. The Bertz CT molecular complexity index is 553. The van der Waals surface area contributed by atoms with Crippen LogP contribution in [0.3, 0.4) is 0 Å². The van der Waals surface area contributed by atoms with Gasteiger partial charge in [0.2, 0.25) is 0 Å². The molecule has 1 heterocycles. The zero-order valence-electron chi connectivity index (χ0n) is 11.0. The zero-order valence-corrected chi connectivity index (χ0v) is 14.2. The highest BCUT2D eigenvalue weighted by Crippen LogP contribution is 2.39. The molecule has 0 bridgehead atoms. The van der Waals surface area contributed by atoms with E-state index in [4.69, 9.17) is 11.6 Å². The van der Waals surface area contributed by atoms with Crippen LogP contribution in [0.25, 0.3) is 10.4 Å². The van der Waals surface area contributed by atoms with E-state index in [1.54, 1.807) is 0 Å². The average Bonchev–Trinajstić information content (AvgIpc) is 2.88. The van der Waals surface area contributed by atoms with E-state index in [1.807, 2.05) is 30.5 Å². The number of benzene rings is 1. The van der Waals surface area contributed by atoms with Gasteiger partial charge in [0, 0.05) is 25.8 Å². The van der Waals surface area contributed by atoms with Crippen molar-refractivity contribution in [3.8, 4) is 10.4 Å². The first kappa shape index (κ1) is 15.0. The molecular formula is C15H17BrClNS. The summed E-state index contributed by atoms with van der Waals surface area (Å²) in [5.74, 6) is 0. The summed E-state index contributed by atoms with van der Waals surface area (Å²) in [6, 6.07) is 10.8. The standard InChI is InChI=1S/C15H17BrClNS/c1-3-5-12(18-2)14-9-8-13(19-14)10-6-4-7-11(17)15(10)16/h4,6-9,12,18H,3,5H2,1-2H3. The van der Waals surface area contributed by atoms with Crippen molar-refractivity contribution < 1.29 is 0 Å². The Hall–Kier alpha value is -0.350. The fourth-order valence-electron chi connectivity index (χ4n) is 2.10. The molecule has 0 aliphatic carbocycles. The molecule has 0 aliphatic heterocycles. The zero-order chi connectivity index (χ0) is 13.8. The predicted octanol–water partition coefficient (Wildman–Crippen LogP) is 5.89. The molecule has 0 spiro atoms. The second kappa shape index (κ2) is 6.89. The van der Waals surface area contributed by atoms with Gasteiger partial charge in [-0.15, -0.1) is 11.3 Å². The van der Waals surface area contributed by atoms with E-state index < -0.39 is 0 Å². The molecule has 0 aliphatic rings. The van der Waals surface area contributed by atoms with Gasteiger partial charge in [-0.3, -0.25) is 0 Å². The van der Waals surface area contributed by atoms with E-state index in [0.717, 1.165) is 21.5 Å². The maximum atomic E-state index is 6.16. The second-order valence-electron chi connectivity index (χ2n) is 4.43. The minimum absolute atomic E-state index is 0.446. The summed E-state index contributed by atoms with van der Waals surface area (Å²) in [7, 11) is 2.02. The molecule has 1 unspecified atom stereocenters. The van der Waals surface area contributed by atoms with E-state index in [9.17, 15) is 0 Å². The molecule has 0 amide bonds. The molecule has 1 N–H and O–H groups in total. The Morgan fingerprint density at radius 2 is 2.11 bits per heavy atom. The van der Waals surface area contributed by atoms with Gasteiger partial charge in [-0.1, -0.05) is 37.1 Å². The maximum absolute atomic E-state index is 6.16. The van der Waals surface area contributed by atoms with Crippen LogP contribution in [0.2, 0.25) is 5.02 Å². The topological polar surface area (TPSA) is 12.0 Å². The van der Waals surface area contributed by atoms with Gasteiger partial charge in [0.25, 0.3) is 0 Å². The fraction of sp³-hybridized carbons (Fsp3) is 0.333. The van der Waals surface area contributed by atoms with Crippen LogP contribution in [-0.4, -0.2) is 7.05 Å². The minimum Gasteiger partial charge on any atom is -0.312 e. The van der Waals surface area contributed by atoms with Crippen LogP contribution in [0.4, 0.5) is 0 Å². The van der Waals surface area contributed by atoms with E-state index in [0.29, 0.717) is 6.04 Å². The molecule has 0 fully saturated rings. The molecule has 1 aromatic carbocycles. The molecule has 2 aromatic rings. The SMILES string of the molecule is CCCC(NC)c1ccc(-c2cccc(Cl)c2Br)s1. The summed E-state index contributed by atoms with van der Waals surface area (Å²) in [6.45, 7) is 2.21. The van der Waals surface area contributed by atoms with Crippen LogP contribution in [0.5, 0.6) is 0 Å². The molecule has 2 rings (SSSR count). The fourth-order valence-corrected chi connectivity index (χ4v) is 4.06. The largest absolute Gasteiger partial charge is 0.312 e. The van der Waals surface area contributed by atoms with Gasteiger partial charge in [-0.2, -0.15) is 0 Å². The van der Waals surface area contributed by atoms with Crippen molar-refractivity contribution in [3.63, 3.8) is 0 Å². The first-order valence-electron chi connectivity index (χ1n) is 6.38. The van der Waals surface area contributed by atoms with Crippen molar-refractivity contribution in [2.45, 2.75) is 25.8 Å². The van der Waals surface area contributed by atoms with Crippen molar-refractivity contribution >= 4 is 38.9 Å². The Balaban J connectivity index is 2.32. The van der Waals surface area contributed by atoms with Crippen LogP contribution >= 0.6 is 38.9 Å². The normalized spacial score (nSPS) is 12.6. The first-order chi connectivity index (χ1) is 9.17. The quantitative estimate of drug-likeness (QED) is 0.702. The van der Waals surface area contributed by atoms with Gasteiger partial charge >= 0.3 is 0 Å². The Labute approximate surface area is 132 Å². The molecule has 4 heteroatoms.